The maximum atomic E-state index is 13.1. The molecule has 3 amide bonds. The SMILES string of the molecule is Br.C.CCS(=O)(=O)c1ccc(CNC(=O)c2cnc3c(c2)CN(CC2CCC(C(F)(F)F)CC2)[C@H]3C(C)C)nc1.CCS(=O)(=O)c1ccc(CNC(=O)c2cnc3c(c2)CN(CC2CCC(C(F)(F)F)CC2)[C@H]3C(C)C)nc1.CCS(=O)(=O)c1ccc(CNC(=O)c2cnc3c(c2)CN(CC2CCC(C(F)(F)F)CC2)[C@H]3C(C)C)nc1. The average molecular weight is 1750 g/mol. The first-order valence-electron chi connectivity index (χ1n) is 39.4. The highest BCUT2D eigenvalue weighted by molar-refractivity contribution is 8.93. The second-order valence-corrected chi connectivity index (χ2v) is 39.0. The van der Waals surface area contributed by atoms with E-state index in [1.165, 1.54) is 36.8 Å². The molecule has 6 aromatic rings. The number of carbonyl (C=O) groups is 3. The Hall–Kier alpha value is -7.11. The summed E-state index contributed by atoms with van der Waals surface area (Å²) in [6.45, 7) is 21.8. The van der Waals surface area contributed by atoms with E-state index in [1.54, 1.807) is 57.6 Å². The molecule has 12 rings (SSSR count). The van der Waals surface area contributed by atoms with Crippen molar-refractivity contribution < 1.29 is 79.2 Å². The van der Waals surface area contributed by atoms with Crippen LogP contribution in [0.25, 0.3) is 0 Å². The summed E-state index contributed by atoms with van der Waals surface area (Å²) in [6, 6.07) is 14.9. The molecule has 3 N–H and O–H groups in total. The first kappa shape index (κ1) is 94.4. The third-order valence-corrected chi connectivity index (χ3v) is 28.3. The fourth-order valence-corrected chi connectivity index (χ4v) is 19.2. The largest absolute Gasteiger partial charge is 0.391 e. The Kier molecular flexibility index (Phi) is 32.4. The molecule has 0 bridgehead atoms. The van der Waals surface area contributed by atoms with E-state index < -0.39 is 65.8 Å². The number of nitrogens with one attached hydrogen (secondary N) is 3. The van der Waals surface area contributed by atoms with Gasteiger partial charge in [-0.25, -0.2) is 25.3 Å². The van der Waals surface area contributed by atoms with Crippen molar-refractivity contribution in [3.8, 4) is 0 Å². The molecule has 0 aromatic carbocycles. The molecule has 9 heterocycles. The number of halogens is 10. The Morgan fingerprint density at radius 3 is 0.810 bits per heavy atom. The zero-order valence-corrected chi connectivity index (χ0v) is 70.5. The fourth-order valence-electron chi connectivity index (χ4n) is 16.8. The van der Waals surface area contributed by atoms with Gasteiger partial charge in [-0.2, -0.15) is 39.5 Å². The van der Waals surface area contributed by atoms with Crippen LogP contribution in [-0.2, 0) is 68.8 Å². The molecule has 0 saturated heterocycles. The zero-order chi connectivity index (χ0) is 83.0. The predicted molar refractivity (Wildman–Crippen MR) is 428 cm³/mol. The van der Waals surface area contributed by atoms with Gasteiger partial charge in [0.1, 0.15) is 0 Å². The lowest BCUT2D eigenvalue weighted by Gasteiger charge is -2.35. The van der Waals surface area contributed by atoms with Gasteiger partial charge >= 0.3 is 18.5 Å². The van der Waals surface area contributed by atoms with Crippen LogP contribution in [0.5, 0.6) is 0 Å². The number of rotatable bonds is 24. The highest BCUT2D eigenvalue weighted by Gasteiger charge is 2.47. The Morgan fingerprint density at radius 1 is 0.388 bits per heavy atom. The van der Waals surface area contributed by atoms with E-state index >= 15 is 0 Å². The second kappa shape index (κ2) is 39.8. The lowest BCUT2D eigenvalue weighted by Crippen LogP contribution is -2.35. The predicted octanol–water partition coefficient (Wildman–Crippen LogP) is 16.5. The van der Waals surface area contributed by atoms with Crippen LogP contribution in [0.2, 0.25) is 0 Å². The highest BCUT2D eigenvalue weighted by Crippen LogP contribution is 2.47. The van der Waals surface area contributed by atoms with Gasteiger partial charge in [0.25, 0.3) is 17.7 Å². The molecular weight excluding hydrogens is 1640 g/mol. The van der Waals surface area contributed by atoms with Gasteiger partial charge in [0.2, 0.25) is 0 Å². The molecule has 34 heteroatoms. The van der Waals surface area contributed by atoms with Crippen molar-refractivity contribution in [1.29, 1.82) is 0 Å². The number of sulfone groups is 3. The van der Waals surface area contributed by atoms with E-state index in [1.807, 2.05) is 18.2 Å². The Balaban J connectivity index is 0.000000216. The monoisotopic (exact) mass is 1750 g/mol. The minimum atomic E-state index is -4.11. The first-order valence-corrected chi connectivity index (χ1v) is 44.4. The van der Waals surface area contributed by atoms with Crippen LogP contribution in [0.4, 0.5) is 39.5 Å². The summed E-state index contributed by atoms with van der Waals surface area (Å²) in [5.41, 5.74) is 8.54. The number of amides is 3. The van der Waals surface area contributed by atoms with Gasteiger partial charge in [-0.15, -0.1) is 17.0 Å². The molecule has 116 heavy (non-hydrogen) atoms. The number of aromatic nitrogens is 6. The normalized spacial score (nSPS) is 22.1. The maximum Gasteiger partial charge on any atom is 0.391 e. The molecule has 3 aliphatic carbocycles. The molecule has 0 unspecified atom stereocenters. The number of fused-ring (bicyclic) bond motifs is 3. The van der Waals surface area contributed by atoms with Crippen molar-refractivity contribution in [2.45, 2.75) is 237 Å². The summed E-state index contributed by atoms with van der Waals surface area (Å²) in [7, 11) is -10.0. The standard InChI is InChI=1S/3C27H35F3N4O3S.CH4.BrH/c3*1-4-38(36,37)23-10-9-22(31-14-23)13-33-26(35)19-11-20-16-34(25(17(2)3)24(20)32-12-19)15-18-5-7-21(8-6-18)27(28,29)30;;/h3*9-12,14,17-18,21,25H,4-8,13,15-16H2,1-3H3,(H,33,35);1H4;1H/t3*18?,21?,25-;;/m000../s1. The summed E-state index contributed by atoms with van der Waals surface area (Å²) < 4.78 is 189. The van der Waals surface area contributed by atoms with E-state index in [0.29, 0.717) is 91.9 Å². The molecule has 3 aliphatic heterocycles. The quantitative estimate of drug-likeness (QED) is 0.0475. The van der Waals surface area contributed by atoms with Crippen LogP contribution in [0, 0.1) is 53.3 Å². The topological polar surface area (TPSA) is 277 Å². The fraction of sp³-hybridized carbons (Fsp3) is 0.598. The molecular formula is C82H110BrF9N12O9S3. The summed E-state index contributed by atoms with van der Waals surface area (Å²) in [5, 5.41) is 8.43. The molecule has 6 aliphatic rings. The number of hydrogen-bond acceptors (Lipinski definition) is 18. The third-order valence-electron chi connectivity index (χ3n) is 23.1. The van der Waals surface area contributed by atoms with E-state index in [0.717, 1.165) is 53.4 Å². The van der Waals surface area contributed by atoms with Gasteiger partial charge in [0, 0.05) is 76.4 Å². The number of nitrogens with zero attached hydrogens (tertiary/aromatic N) is 9. The van der Waals surface area contributed by atoms with Gasteiger partial charge in [0.15, 0.2) is 29.5 Å². The van der Waals surface area contributed by atoms with Crippen molar-refractivity contribution in [3.05, 3.63) is 159 Å². The summed E-state index contributed by atoms with van der Waals surface area (Å²) in [6.07, 6.45) is 0.837. The van der Waals surface area contributed by atoms with E-state index in [4.69, 9.17) is 0 Å². The molecule has 21 nitrogen and oxygen atoms in total. The van der Waals surface area contributed by atoms with Gasteiger partial charge in [-0.05, 0) is 184 Å². The average Bonchev–Trinajstić information content (AvgIpc) is 1.64. The zero-order valence-electron chi connectivity index (χ0n) is 66.3. The molecule has 3 atom stereocenters. The summed E-state index contributed by atoms with van der Waals surface area (Å²) in [5.74, 6) is -3.05. The van der Waals surface area contributed by atoms with Gasteiger partial charge < -0.3 is 16.0 Å². The third kappa shape index (κ3) is 23.9. The Bertz CT molecular complexity index is 4200. The van der Waals surface area contributed by atoms with Crippen LogP contribution in [0.3, 0.4) is 0 Å². The van der Waals surface area contributed by atoms with Crippen molar-refractivity contribution in [2.24, 2.45) is 53.3 Å². The first-order chi connectivity index (χ1) is 53.7. The van der Waals surface area contributed by atoms with Crippen LogP contribution in [0.1, 0.15) is 247 Å². The molecule has 0 radical (unpaired) electrons. The molecule has 640 valence electrons. The van der Waals surface area contributed by atoms with Gasteiger partial charge in [-0.3, -0.25) is 59.0 Å². The molecule has 3 saturated carbocycles. The van der Waals surface area contributed by atoms with E-state index in [2.05, 4.69) is 102 Å². The van der Waals surface area contributed by atoms with Crippen molar-refractivity contribution in [1.82, 2.24) is 60.6 Å². The maximum absolute atomic E-state index is 13.1. The summed E-state index contributed by atoms with van der Waals surface area (Å²) in [4.78, 5) is 72.2. The lowest BCUT2D eigenvalue weighted by molar-refractivity contribution is -0.185. The Labute approximate surface area is 686 Å². The van der Waals surface area contributed by atoms with Crippen LogP contribution in [-0.4, -0.2) is 143 Å². The van der Waals surface area contributed by atoms with Gasteiger partial charge in [0.05, 0.1) is 138 Å². The lowest BCUT2D eigenvalue weighted by atomic mass is 9.81. The minimum absolute atomic E-state index is 0. The second-order valence-electron chi connectivity index (χ2n) is 32.2. The number of carbonyl (C=O) groups excluding carboxylic acids is 3. The van der Waals surface area contributed by atoms with Crippen molar-refractivity contribution >= 4 is 64.2 Å². The smallest absolute Gasteiger partial charge is 0.346 e. The molecule has 0 spiro atoms. The van der Waals surface area contributed by atoms with Crippen molar-refractivity contribution in [2.75, 3.05) is 36.9 Å². The van der Waals surface area contributed by atoms with Gasteiger partial charge in [-0.1, -0.05) is 69.7 Å². The summed E-state index contributed by atoms with van der Waals surface area (Å²) >= 11 is 0. The van der Waals surface area contributed by atoms with Crippen molar-refractivity contribution in [3.63, 3.8) is 0 Å². The van der Waals surface area contributed by atoms with E-state index in [9.17, 15) is 79.2 Å². The van der Waals surface area contributed by atoms with Crippen LogP contribution >= 0.6 is 17.0 Å². The van der Waals surface area contributed by atoms with Crippen LogP contribution in [0.15, 0.2) is 106 Å². The number of pyridine rings is 6. The number of hydrogen-bond donors (Lipinski definition) is 3. The molecule has 3 fully saturated rings. The Morgan fingerprint density at radius 2 is 0.621 bits per heavy atom. The minimum Gasteiger partial charge on any atom is -0.346 e. The molecule has 6 aromatic heterocycles. The highest BCUT2D eigenvalue weighted by atomic mass is 79.9. The van der Waals surface area contributed by atoms with Crippen LogP contribution < -0.4 is 16.0 Å². The number of alkyl halides is 9. The van der Waals surface area contributed by atoms with E-state index in [-0.39, 0.29) is 186 Å².